The Morgan fingerprint density at radius 3 is 1.97 bits per heavy atom. The summed E-state index contributed by atoms with van der Waals surface area (Å²) in [6.07, 6.45) is 5.08. The summed E-state index contributed by atoms with van der Waals surface area (Å²) in [7, 11) is -3.47. The van der Waals surface area contributed by atoms with E-state index in [-0.39, 0.29) is 16.8 Å². The lowest BCUT2D eigenvalue weighted by Gasteiger charge is -2.19. The number of hydrogen-bond donors (Lipinski definition) is 1. The van der Waals surface area contributed by atoms with Crippen molar-refractivity contribution in [1.29, 1.82) is 0 Å². The van der Waals surface area contributed by atoms with E-state index < -0.39 is 10.0 Å². The monoisotopic (exact) mass is 444 g/mol. The van der Waals surface area contributed by atoms with Crippen molar-refractivity contribution in [1.82, 2.24) is 9.62 Å². The van der Waals surface area contributed by atoms with Gasteiger partial charge in [0.2, 0.25) is 15.9 Å². The molecule has 5 nitrogen and oxygen atoms in total. The first kappa shape index (κ1) is 20.7. The van der Waals surface area contributed by atoms with Crippen molar-refractivity contribution in [2.45, 2.75) is 36.9 Å². The highest BCUT2D eigenvalue weighted by Gasteiger charge is 2.27. The van der Waals surface area contributed by atoms with Crippen molar-refractivity contribution in [2.24, 2.45) is 0 Å². The molecule has 0 spiro atoms. The molecule has 1 saturated carbocycles. The van der Waals surface area contributed by atoms with Crippen LogP contribution >= 0.6 is 0 Å². The Labute approximate surface area is 188 Å². The van der Waals surface area contributed by atoms with Gasteiger partial charge in [0.25, 0.3) is 0 Å². The van der Waals surface area contributed by atoms with Crippen LogP contribution in [0.25, 0.3) is 17.2 Å². The van der Waals surface area contributed by atoms with Gasteiger partial charge in [-0.1, -0.05) is 60.7 Å². The Kier molecular flexibility index (Phi) is 5.41. The third kappa shape index (κ3) is 4.38. The van der Waals surface area contributed by atoms with Gasteiger partial charge in [-0.15, -0.1) is 0 Å². The van der Waals surface area contributed by atoms with Crippen molar-refractivity contribution < 1.29 is 13.2 Å². The van der Waals surface area contributed by atoms with E-state index in [0.717, 1.165) is 29.5 Å². The highest BCUT2D eigenvalue weighted by atomic mass is 32.2. The first-order chi connectivity index (χ1) is 15.5. The fraction of sp³-hybridized carbons (Fsp3) is 0.192. The fourth-order valence-corrected chi connectivity index (χ4v) is 5.29. The average Bonchev–Trinajstić information content (AvgIpc) is 3.63. The number of hydrogen-bond acceptors (Lipinski definition) is 3. The standard InChI is InChI=1S/C26H24N2O3S/c29-26(16-11-19-9-14-23(15-10-19)32(30,31)27-22-12-13-22)28-17-20-5-1-3-7-24(20)25-8-4-2-6-21(25)18-28/h1-11,14-16,22,27H,12-13,17-18H2. The molecule has 6 heteroatoms. The number of carbonyl (C=O) groups is 1. The van der Waals surface area contributed by atoms with Gasteiger partial charge in [0.1, 0.15) is 0 Å². The fourth-order valence-electron chi connectivity index (χ4n) is 3.98. The summed E-state index contributed by atoms with van der Waals surface area (Å²) in [5.41, 5.74) is 5.35. The molecule has 0 unspecified atom stereocenters. The number of rotatable bonds is 5. The van der Waals surface area contributed by atoms with Crippen molar-refractivity contribution in [3.63, 3.8) is 0 Å². The van der Waals surface area contributed by atoms with Crippen LogP contribution in [0.2, 0.25) is 0 Å². The molecule has 0 aromatic heterocycles. The van der Waals surface area contributed by atoms with Crippen LogP contribution in [-0.2, 0) is 27.9 Å². The largest absolute Gasteiger partial charge is 0.330 e. The summed E-state index contributed by atoms with van der Waals surface area (Å²) in [4.78, 5) is 15.1. The molecule has 2 aliphatic rings. The zero-order valence-corrected chi connectivity index (χ0v) is 18.4. The first-order valence-electron chi connectivity index (χ1n) is 10.8. The molecule has 1 amide bonds. The second-order valence-corrected chi connectivity index (χ2v) is 10.0. The molecule has 32 heavy (non-hydrogen) atoms. The minimum Gasteiger partial charge on any atom is -0.330 e. The summed E-state index contributed by atoms with van der Waals surface area (Å²) in [5, 5.41) is 0. The van der Waals surface area contributed by atoms with Gasteiger partial charge in [-0.05, 0) is 58.9 Å². The van der Waals surface area contributed by atoms with Gasteiger partial charge in [-0.25, -0.2) is 13.1 Å². The number of benzene rings is 3. The van der Waals surface area contributed by atoms with E-state index in [1.165, 1.54) is 11.1 Å². The Balaban J connectivity index is 1.34. The average molecular weight is 445 g/mol. The second-order valence-electron chi connectivity index (χ2n) is 8.31. The third-order valence-corrected chi connectivity index (χ3v) is 7.40. The molecule has 1 N–H and O–H groups in total. The van der Waals surface area contributed by atoms with Crippen LogP contribution in [0.5, 0.6) is 0 Å². The van der Waals surface area contributed by atoms with Gasteiger partial charge < -0.3 is 4.90 Å². The van der Waals surface area contributed by atoms with Crippen LogP contribution in [0.15, 0.2) is 83.8 Å². The number of nitrogens with zero attached hydrogens (tertiary/aromatic N) is 1. The van der Waals surface area contributed by atoms with Gasteiger partial charge in [-0.3, -0.25) is 4.79 Å². The van der Waals surface area contributed by atoms with Crippen LogP contribution in [-0.4, -0.2) is 25.3 Å². The van der Waals surface area contributed by atoms with Gasteiger partial charge in [0, 0.05) is 25.2 Å². The van der Waals surface area contributed by atoms with Crippen LogP contribution in [0.3, 0.4) is 0 Å². The quantitative estimate of drug-likeness (QED) is 0.595. The molecule has 1 aliphatic heterocycles. The number of carbonyl (C=O) groups excluding carboxylic acids is 1. The third-order valence-electron chi connectivity index (χ3n) is 5.87. The maximum Gasteiger partial charge on any atom is 0.247 e. The molecule has 1 heterocycles. The molecular weight excluding hydrogens is 420 g/mol. The molecule has 0 atom stereocenters. The molecule has 3 aromatic rings. The van der Waals surface area contributed by atoms with Crippen molar-refractivity contribution in [3.05, 3.63) is 95.6 Å². The molecule has 0 bridgehead atoms. The minimum absolute atomic E-state index is 0.0704. The van der Waals surface area contributed by atoms with Crippen molar-refractivity contribution >= 4 is 22.0 Å². The highest BCUT2D eigenvalue weighted by Crippen LogP contribution is 2.32. The van der Waals surface area contributed by atoms with Crippen molar-refractivity contribution in [2.75, 3.05) is 0 Å². The summed E-state index contributed by atoms with van der Waals surface area (Å²) in [6.45, 7) is 1.08. The van der Waals surface area contributed by atoms with Gasteiger partial charge in [0.05, 0.1) is 4.90 Å². The second kappa shape index (κ2) is 8.37. The van der Waals surface area contributed by atoms with E-state index >= 15 is 0 Å². The molecule has 0 radical (unpaired) electrons. The Bertz CT molecular complexity index is 1250. The molecule has 0 saturated heterocycles. The van der Waals surface area contributed by atoms with Crippen LogP contribution < -0.4 is 4.72 Å². The predicted molar refractivity (Wildman–Crippen MR) is 125 cm³/mol. The zero-order chi connectivity index (χ0) is 22.1. The summed E-state index contributed by atoms with van der Waals surface area (Å²) < 4.78 is 27.3. The van der Waals surface area contributed by atoms with Gasteiger partial charge in [-0.2, -0.15) is 0 Å². The van der Waals surface area contributed by atoms with Crippen LogP contribution in [0.1, 0.15) is 29.5 Å². The summed E-state index contributed by atoms with van der Waals surface area (Å²) in [5.74, 6) is -0.0800. The Hall–Kier alpha value is -3.22. The molecule has 1 fully saturated rings. The molecule has 162 valence electrons. The molecule has 5 rings (SSSR count). The van der Waals surface area contributed by atoms with Gasteiger partial charge >= 0.3 is 0 Å². The first-order valence-corrected chi connectivity index (χ1v) is 12.2. The van der Waals surface area contributed by atoms with Crippen LogP contribution in [0, 0.1) is 0 Å². The number of nitrogens with one attached hydrogen (secondary N) is 1. The SMILES string of the molecule is O=C(C=Cc1ccc(S(=O)(=O)NC2CC2)cc1)N1Cc2ccccc2-c2ccccc2C1. The van der Waals surface area contributed by atoms with E-state index in [1.54, 1.807) is 36.4 Å². The smallest absolute Gasteiger partial charge is 0.247 e. The lowest BCUT2D eigenvalue weighted by Crippen LogP contribution is -2.27. The van der Waals surface area contributed by atoms with Gasteiger partial charge in [0.15, 0.2) is 0 Å². The predicted octanol–water partition coefficient (Wildman–Crippen LogP) is 4.35. The number of amides is 1. The number of fused-ring (bicyclic) bond motifs is 3. The van der Waals surface area contributed by atoms with E-state index in [1.807, 2.05) is 29.2 Å². The van der Waals surface area contributed by atoms with E-state index in [0.29, 0.717) is 13.1 Å². The van der Waals surface area contributed by atoms with E-state index in [9.17, 15) is 13.2 Å². The van der Waals surface area contributed by atoms with Crippen LogP contribution in [0.4, 0.5) is 0 Å². The topological polar surface area (TPSA) is 66.5 Å². The van der Waals surface area contributed by atoms with E-state index in [4.69, 9.17) is 0 Å². The minimum atomic E-state index is -3.47. The molecule has 1 aliphatic carbocycles. The Morgan fingerprint density at radius 2 is 1.41 bits per heavy atom. The van der Waals surface area contributed by atoms with Crippen molar-refractivity contribution in [3.8, 4) is 11.1 Å². The normalized spacial score (nSPS) is 15.8. The maximum absolute atomic E-state index is 13.0. The lowest BCUT2D eigenvalue weighted by atomic mass is 9.97. The summed E-state index contributed by atoms with van der Waals surface area (Å²) in [6, 6.07) is 23.0. The molecule has 3 aromatic carbocycles. The lowest BCUT2D eigenvalue weighted by molar-refractivity contribution is -0.127. The maximum atomic E-state index is 13.0. The molecular formula is C26H24N2O3S. The van der Waals surface area contributed by atoms with E-state index in [2.05, 4.69) is 29.0 Å². The Morgan fingerprint density at radius 1 is 0.844 bits per heavy atom. The summed E-state index contributed by atoms with van der Waals surface area (Å²) >= 11 is 0. The highest BCUT2D eigenvalue weighted by molar-refractivity contribution is 7.89. The zero-order valence-electron chi connectivity index (χ0n) is 17.6. The number of sulfonamides is 1.